The van der Waals surface area contributed by atoms with Crippen LogP contribution < -0.4 is 4.72 Å². The Morgan fingerprint density at radius 1 is 1.24 bits per heavy atom. The van der Waals surface area contributed by atoms with Crippen molar-refractivity contribution in [1.29, 1.82) is 5.26 Å². The molecule has 4 nitrogen and oxygen atoms in total. The third-order valence-corrected chi connectivity index (χ3v) is 3.30. The number of hydrogen-bond acceptors (Lipinski definition) is 3. The molecule has 0 heterocycles. The minimum Gasteiger partial charge on any atom is -0.210 e. The Labute approximate surface area is 95.7 Å². The fraction of sp³-hybridized carbons (Fsp3) is 0.222. The molecule has 0 atom stereocenters. The topological polar surface area (TPSA) is 70.0 Å². The van der Waals surface area contributed by atoms with Gasteiger partial charge in [-0.2, -0.15) is 5.26 Å². The van der Waals surface area contributed by atoms with Crippen molar-refractivity contribution in [1.82, 2.24) is 4.72 Å². The summed E-state index contributed by atoms with van der Waals surface area (Å²) in [5.74, 6) is -5.11. The third kappa shape index (κ3) is 2.95. The van der Waals surface area contributed by atoms with Gasteiger partial charge in [-0.3, -0.25) is 0 Å². The quantitative estimate of drug-likeness (QED) is 0.658. The highest BCUT2D eigenvalue weighted by Crippen LogP contribution is 2.19. The second-order valence-corrected chi connectivity index (χ2v) is 4.71. The summed E-state index contributed by atoms with van der Waals surface area (Å²) in [5.41, 5.74) is 0. The average molecular weight is 264 g/mol. The molecule has 92 valence electrons. The Bertz CT molecular complexity index is 566. The lowest BCUT2D eigenvalue weighted by molar-refractivity contribution is 0.431. The SMILES string of the molecule is N#CCCNS(=O)(=O)c1ccc(F)c(F)c1F. The fourth-order valence-electron chi connectivity index (χ4n) is 1.03. The zero-order valence-electron chi connectivity index (χ0n) is 8.37. The monoisotopic (exact) mass is 264 g/mol. The Hall–Kier alpha value is -1.59. The molecule has 0 amide bonds. The van der Waals surface area contributed by atoms with Gasteiger partial charge in [0.25, 0.3) is 0 Å². The molecule has 0 radical (unpaired) electrons. The summed E-state index contributed by atoms with van der Waals surface area (Å²) in [6, 6.07) is 2.80. The van der Waals surface area contributed by atoms with Crippen molar-refractivity contribution in [3.63, 3.8) is 0 Å². The number of hydrogen-bond donors (Lipinski definition) is 1. The Morgan fingerprint density at radius 2 is 1.88 bits per heavy atom. The first kappa shape index (κ1) is 13.5. The molecular formula is C9H7F3N2O2S. The second-order valence-electron chi connectivity index (χ2n) is 2.98. The maximum Gasteiger partial charge on any atom is 0.243 e. The Kier molecular flexibility index (Phi) is 4.09. The normalized spacial score (nSPS) is 11.2. The van der Waals surface area contributed by atoms with Gasteiger partial charge in [-0.1, -0.05) is 0 Å². The van der Waals surface area contributed by atoms with Crippen LogP contribution in [0.2, 0.25) is 0 Å². The summed E-state index contributed by atoms with van der Waals surface area (Å²) >= 11 is 0. The molecule has 0 aromatic heterocycles. The lowest BCUT2D eigenvalue weighted by atomic mass is 10.3. The summed E-state index contributed by atoms with van der Waals surface area (Å²) in [7, 11) is -4.29. The molecule has 17 heavy (non-hydrogen) atoms. The summed E-state index contributed by atoms with van der Waals surface area (Å²) in [6.45, 7) is -0.239. The number of sulfonamides is 1. The molecule has 0 saturated carbocycles. The van der Waals surface area contributed by atoms with Crippen molar-refractivity contribution < 1.29 is 21.6 Å². The molecule has 8 heteroatoms. The highest BCUT2D eigenvalue weighted by Gasteiger charge is 2.23. The van der Waals surface area contributed by atoms with E-state index in [4.69, 9.17) is 5.26 Å². The van der Waals surface area contributed by atoms with Crippen LogP contribution in [0.1, 0.15) is 6.42 Å². The molecule has 0 aliphatic heterocycles. The summed E-state index contributed by atoms with van der Waals surface area (Å²) in [6.07, 6.45) is -0.121. The van der Waals surface area contributed by atoms with Gasteiger partial charge in [-0.05, 0) is 12.1 Å². The standard InChI is InChI=1S/C9H7F3N2O2S/c10-6-2-3-7(9(12)8(6)11)17(15,16)14-5-1-4-13/h2-3,14H,1,5H2. The zero-order chi connectivity index (χ0) is 13.1. The minimum atomic E-state index is -4.29. The van der Waals surface area contributed by atoms with Crippen molar-refractivity contribution in [3.8, 4) is 6.07 Å². The molecule has 0 spiro atoms. The number of nitriles is 1. The zero-order valence-corrected chi connectivity index (χ0v) is 9.19. The molecule has 1 rings (SSSR count). The molecule has 0 aliphatic rings. The van der Waals surface area contributed by atoms with Gasteiger partial charge in [-0.25, -0.2) is 26.3 Å². The smallest absolute Gasteiger partial charge is 0.210 e. The predicted octanol–water partition coefficient (Wildman–Crippen LogP) is 1.30. The van der Waals surface area contributed by atoms with E-state index in [0.29, 0.717) is 12.1 Å². The first-order valence-corrected chi connectivity index (χ1v) is 5.88. The number of nitrogens with zero attached hydrogens (tertiary/aromatic N) is 1. The van der Waals surface area contributed by atoms with Crippen LogP contribution in [-0.2, 0) is 10.0 Å². The molecule has 0 unspecified atom stereocenters. The van der Waals surface area contributed by atoms with Gasteiger partial charge >= 0.3 is 0 Å². The van der Waals surface area contributed by atoms with Crippen LogP contribution >= 0.6 is 0 Å². The van der Waals surface area contributed by atoms with Crippen LogP contribution in [0.4, 0.5) is 13.2 Å². The van der Waals surface area contributed by atoms with Crippen LogP contribution in [0.15, 0.2) is 17.0 Å². The van der Waals surface area contributed by atoms with Gasteiger partial charge in [0.1, 0.15) is 4.90 Å². The van der Waals surface area contributed by atoms with E-state index in [0.717, 1.165) is 0 Å². The molecule has 1 aromatic rings. The van der Waals surface area contributed by atoms with Crippen molar-refractivity contribution in [2.45, 2.75) is 11.3 Å². The van der Waals surface area contributed by atoms with E-state index >= 15 is 0 Å². The predicted molar refractivity (Wildman–Crippen MR) is 51.7 cm³/mol. The molecule has 0 aliphatic carbocycles. The van der Waals surface area contributed by atoms with Crippen LogP contribution in [0, 0.1) is 28.8 Å². The first-order chi connectivity index (χ1) is 7.90. The van der Waals surface area contributed by atoms with Crippen LogP contribution in [0.3, 0.4) is 0 Å². The van der Waals surface area contributed by atoms with Crippen molar-refractivity contribution in [3.05, 3.63) is 29.6 Å². The van der Waals surface area contributed by atoms with Crippen molar-refractivity contribution >= 4 is 10.0 Å². The first-order valence-electron chi connectivity index (χ1n) is 4.40. The van der Waals surface area contributed by atoms with E-state index < -0.39 is 32.4 Å². The minimum absolute atomic E-state index is 0.121. The van der Waals surface area contributed by atoms with Gasteiger partial charge in [0, 0.05) is 13.0 Å². The van der Waals surface area contributed by atoms with Gasteiger partial charge in [0.05, 0.1) is 6.07 Å². The van der Waals surface area contributed by atoms with Crippen LogP contribution in [-0.4, -0.2) is 15.0 Å². The van der Waals surface area contributed by atoms with Crippen LogP contribution in [0.25, 0.3) is 0 Å². The second kappa shape index (κ2) is 5.16. The fourth-order valence-corrected chi connectivity index (χ4v) is 2.13. The molecule has 0 fully saturated rings. The highest BCUT2D eigenvalue weighted by molar-refractivity contribution is 7.89. The van der Waals surface area contributed by atoms with Crippen molar-refractivity contribution in [2.24, 2.45) is 0 Å². The Balaban J connectivity index is 3.09. The molecular weight excluding hydrogens is 257 g/mol. The number of halogens is 3. The summed E-state index contributed by atoms with van der Waals surface area (Å²) in [5, 5.41) is 8.20. The lowest BCUT2D eigenvalue weighted by Crippen LogP contribution is -2.26. The van der Waals surface area contributed by atoms with Crippen molar-refractivity contribution in [2.75, 3.05) is 6.54 Å². The van der Waals surface area contributed by atoms with Gasteiger partial charge in [0.2, 0.25) is 10.0 Å². The van der Waals surface area contributed by atoms with Gasteiger partial charge in [0.15, 0.2) is 17.5 Å². The van der Waals surface area contributed by atoms with E-state index in [1.165, 1.54) is 0 Å². The average Bonchev–Trinajstić information content (AvgIpc) is 2.26. The van der Waals surface area contributed by atoms with E-state index in [-0.39, 0.29) is 13.0 Å². The van der Waals surface area contributed by atoms with E-state index in [9.17, 15) is 21.6 Å². The van der Waals surface area contributed by atoms with E-state index in [1.807, 2.05) is 4.72 Å². The molecule has 0 bridgehead atoms. The van der Waals surface area contributed by atoms with Gasteiger partial charge < -0.3 is 0 Å². The summed E-state index contributed by atoms with van der Waals surface area (Å²) < 4.78 is 63.3. The number of benzene rings is 1. The van der Waals surface area contributed by atoms with E-state index in [1.54, 1.807) is 6.07 Å². The maximum absolute atomic E-state index is 13.2. The maximum atomic E-state index is 13.2. The number of nitrogens with one attached hydrogen (secondary N) is 1. The molecule has 1 N–H and O–H groups in total. The van der Waals surface area contributed by atoms with E-state index in [2.05, 4.69) is 0 Å². The highest BCUT2D eigenvalue weighted by atomic mass is 32.2. The molecule has 1 aromatic carbocycles. The number of rotatable bonds is 4. The molecule has 0 saturated heterocycles. The lowest BCUT2D eigenvalue weighted by Gasteiger charge is -2.06. The van der Waals surface area contributed by atoms with Crippen LogP contribution in [0.5, 0.6) is 0 Å². The van der Waals surface area contributed by atoms with Gasteiger partial charge in [-0.15, -0.1) is 0 Å². The summed E-state index contributed by atoms with van der Waals surface area (Å²) in [4.78, 5) is -0.991. The largest absolute Gasteiger partial charge is 0.243 e. The third-order valence-electron chi connectivity index (χ3n) is 1.82. The Morgan fingerprint density at radius 3 is 2.47 bits per heavy atom.